The van der Waals surface area contributed by atoms with E-state index in [1.807, 2.05) is 0 Å². The molecule has 1 unspecified atom stereocenters. The third-order valence-electron chi connectivity index (χ3n) is 1.91. The van der Waals surface area contributed by atoms with Crippen LogP contribution in [0.5, 0.6) is 5.75 Å². The van der Waals surface area contributed by atoms with Gasteiger partial charge in [-0.2, -0.15) is 0 Å². The average molecular weight is 304 g/mol. The number of nitro groups is 2. The van der Waals surface area contributed by atoms with Gasteiger partial charge in [0.2, 0.25) is 0 Å². The van der Waals surface area contributed by atoms with Crippen molar-refractivity contribution in [3.05, 3.63) is 32.4 Å². The van der Waals surface area contributed by atoms with Crippen molar-refractivity contribution >= 4 is 31.5 Å². The summed E-state index contributed by atoms with van der Waals surface area (Å²) >= 11 is -1.03. The molecule has 0 heterocycles. The predicted molar refractivity (Wildman–Crippen MR) is 60.1 cm³/mol. The van der Waals surface area contributed by atoms with E-state index < -0.39 is 42.7 Å². The van der Waals surface area contributed by atoms with Crippen LogP contribution in [0, 0.1) is 20.2 Å². The van der Waals surface area contributed by atoms with Crippen LogP contribution in [0.3, 0.4) is 0 Å². The molecule has 0 bridgehead atoms. The second-order valence-corrected chi connectivity index (χ2v) is 5.95. The van der Waals surface area contributed by atoms with Crippen molar-refractivity contribution in [2.75, 3.05) is 6.61 Å². The first-order chi connectivity index (χ1) is 7.97. The molecule has 0 aliphatic carbocycles. The van der Waals surface area contributed by atoms with Crippen LogP contribution in [0.25, 0.3) is 0 Å². The van der Waals surface area contributed by atoms with E-state index in [0.717, 1.165) is 12.1 Å². The van der Waals surface area contributed by atoms with E-state index in [9.17, 15) is 25.3 Å². The molecule has 17 heavy (non-hydrogen) atoms. The molecule has 1 aromatic carbocycles. The van der Waals surface area contributed by atoms with E-state index in [2.05, 4.69) is 0 Å². The van der Waals surface area contributed by atoms with Crippen molar-refractivity contribution < 1.29 is 20.1 Å². The van der Waals surface area contributed by atoms with Crippen molar-refractivity contribution in [1.29, 1.82) is 0 Å². The number of nitro benzene ring substituents is 2. The van der Waals surface area contributed by atoms with Gasteiger partial charge in [-0.05, 0) is 0 Å². The molecular formula is C8H9AsN2O6. The van der Waals surface area contributed by atoms with Crippen LogP contribution >= 0.6 is 0 Å². The Hall–Kier alpha value is -1.66. The van der Waals surface area contributed by atoms with Gasteiger partial charge in [-0.15, -0.1) is 0 Å². The summed E-state index contributed by atoms with van der Waals surface area (Å²) in [5, 5.41) is 39.8. The molecule has 9 heteroatoms. The summed E-state index contributed by atoms with van der Waals surface area (Å²) in [5.74, 6) is -0.533. The molecule has 0 fully saturated rings. The SMILES string of the molecule is O=[N+]([O-])c1cc([AsH]CCO)c(O)c([N+](=O)[O-])c1. The van der Waals surface area contributed by atoms with Crippen molar-refractivity contribution in [2.45, 2.75) is 5.21 Å². The molecule has 0 radical (unpaired) electrons. The van der Waals surface area contributed by atoms with Crippen LogP contribution in [0.15, 0.2) is 12.1 Å². The molecule has 1 aromatic rings. The van der Waals surface area contributed by atoms with Gasteiger partial charge in [-0.25, -0.2) is 0 Å². The predicted octanol–water partition coefficient (Wildman–Crippen LogP) is -0.319. The van der Waals surface area contributed by atoms with Gasteiger partial charge < -0.3 is 0 Å². The van der Waals surface area contributed by atoms with Crippen molar-refractivity contribution in [3.63, 3.8) is 0 Å². The van der Waals surface area contributed by atoms with Crippen LogP contribution in [-0.4, -0.2) is 42.4 Å². The number of phenolic OH excluding ortho intramolecular Hbond substituents is 1. The summed E-state index contributed by atoms with van der Waals surface area (Å²) in [6.07, 6.45) is 0. The maximum atomic E-state index is 10.6. The van der Waals surface area contributed by atoms with Gasteiger partial charge in [0.1, 0.15) is 0 Å². The van der Waals surface area contributed by atoms with Gasteiger partial charge in [0.05, 0.1) is 0 Å². The Morgan fingerprint density at radius 1 is 1.24 bits per heavy atom. The first-order valence-corrected chi connectivity index (χ1v) is 7.01. The van der Waals surface area contributed by atoms with Crippen LogP contribution < -0.4 is 4.35 Å². The van der Waals surface area contributed by atoms with Gasteiger partial charge >= 0.3 is 101 Å². The minimum atomic E-state index is -1.03. The summed E-state index contributed by atoms with van der Waals surface area (Å²) < 4.78 is 0.208. The van der Waals surface area contributed by atoms with E-state index in [1.54, 1.807) is 0 Å². The number of rotatable bonds is 5. The summed E-state index contributed by atoms with van der Waals surface area (Å²) in [5.41, 5.74) is -1.10. The quantitative estimate of drug-likeness (QED) is 0.436. The van der Waals surface area contributed by atoms with Gasteiger partial charge in [-0.1, -0.05) is 0 Å². The summed E-state index contributed by atoms with van der Waals surface area (Å²) in [6.45, 7) is -0.115. The molecule has 0 aliphatic rings. The second kappa shape index (κ2) is 5.60. The van der Waals surface area contributed by atoms with Crippen LogP contribution in [0.4, 0.5) is 11.4 Å². The number of non-ortho nitro benzene ring substituents is 1. The minimum absolute atomic E-state index is 0.115. The first-order valence-electron chi connectivity index (χ1n) is 4.48. The van der Waals surface area contributed by atoms with Crippen LogP contribution in [-0.2, 0) is 0 Å². The normalized spacial score (nSPS) is 10.9. The molecular weight excluding hydrogens is 295 g/mol. The average Bonchev–Trinajstić information content (AvgIpc) is 2.26. The third kappa shape index (κ3) is 3.15. The van der Waals surface area contributed by atoms with Crippen LogP contribution in [0.2, 0.25) is 5.21 Å². The fourth-order valence-electron chi connectivity index (χ4n) is 1.17. The molecule has 0 amide bonds. The van der Waals surface area contributed by atoms with E-state index in [4.69, 9.17) is 5.11 Å². The Morgan fingerprint density at radius 3 is 2.35 bits per heavy atom. The zero-order valence-electron chi connectivity index (χ0n) is 8.49. The van der Waals surface area contributed by atoms with Crippen molar-refractivity contribution in [3.8, 4) is 5.75 Å². The van der Waals surface area contributed by atoms with Gasteiger partial charge in [-0.3, -0.25) is 0 Å². The number of aliphatic hydroxyl groups is 1. The monoisotopic (exact) mass is 304 g/mol. The number of phenols is 1. The standard InChI is InChI=1S/C8H9AsN2O6/c12-2-1-9-6-3-5(10(14)15)4-7(8(6)13)11(16)17/h3-4,9,12-13H,1-2H2. The molecule has 0 aromatic heterocycles. The number of hydrogen-bond acceptors (Lipinski definition) is 6. The van der Waals surface area contributed by atoms with E-state index >= 15 is 0 Å². The molecule has 0 saturated carbocycles. The van der Waals surface area contributed by atoms with E-state index in [0.29, 0.717) is 5.21 Å². The molecule has 92 valence electrons. The van der Waals surface area contributed by atoms with Gasteiger partial charge in [0.15, 0.2) is 0 Å². The molecule has 1 rings (SSSR count). The Bertz CT molecular complexity index is 464. The number of aromatic hydroxyl groups is 1. The number of benzene rings is 1. The Labute approximate surface area is 102 Å². The zero-order valence-corrected chi connectivity index (χ0v) is 10.6. The van der Waals surface area contributed by atoms with E-state index in [-0.39, 0.29) is 11.0 Å². The number of nitrogens with zero attached hydrogens (tertiary/aromatic N) is 2. The summed E-state index contributed by atoms with van der Waals surface area (Å²) in [7, 11) is 0. The van der Waals surface area contributed by atoms with Gasteiger partial charge in [0, 0.05) is 0 Å². The summed E-state index contributed by atoms with van der Waals surface area (Å²) in [6, 6.07) is 1.85. The summed E-state index contributed by atoms with van der Waals surface area (Å²) in [4.78, 5) is 19.6. The Kier molecular flexibility index (Phi) is 4.42. The Balaban J connectivity index is 3.27. The fourth-order valence-corrected chi connectivity index (χ4v) is 3.12. The number of aliphatic hydroxyl groups excluding tert-OH is 1. The van der Waals surface area contributed by atoms with Crippen molar-refractivity contribution in [1.82, 2.24) is 0 Å². The molecule has 2 N–H and O–H groups in total. The topological polar surface area (TPSA) is 127 Å². The molecule has 1 atom stereocenters. The van der Waals surface area contributed by atoms with Gasteiger partial charge in [0.25, 0.3) is 0 Å². The first kappa shape index (κ1) is 13.4. The van der Waals surface area contributed by atoms with Crippen LogP contribution in [0.1, 0.15) is 0 Å². The molecule has 0 saturated heterocycles. The molecule has 8 nitrogen and oxygen atoms in total. The Morgan fingerprint density at radius 2 is 1.88 bits per heavy atom. The second-order valence-electron chi connectivity index (χ2n) is 3.03. The molecule has 0 aliphatic heterocycles. The maximum absolute atomic E-state index is 10.6. The van der Waals surface area contributed by atoms with Crippen molar-refractivity contribution in [2.24, 2.45) is 0 Å². The third-order valence-corrected chi connectivity index (χ3v) is 4.50. The number of hydrogen-bond donors (Lipinski definition) is 2. The van der Waals surface area contributed by atoms with E-state index in [1.165, 1.54) is 0 Å². The molecule has 0 spiro atoms. The zero-order chi connectivity index (χ0) is 13.0. The fraction of sp³-hybridized carbons (Fsp3) is 0.250.